The van der Waals surface area contributed by atoms with Gasteiger partial charge >= 0.3 is 0 Å². The van der Waals surface area contributed by atoms with Gasteiger partial charge in [-0.2, -0.15) is 0 Å². The zero-order chi connectivity index (χ0) is 20.6. The highest BCUT2D eigenvalue weighted by Crippen LogP contribution is 2.27. The van der Waals surface area contributed by atoms with Crippen molar-refractivity contribution in [2.24, 2.45) is 0 Å². The molecule has 6 nitrogen and oxygen atoms in total. The van der Waals surface area contributed by atoms with Gasteiger partial charge in [0.25, 0.3) is 0 Å². The molecule has 1 saturated heterocycles. The summed E-state index contributed by atoms with van der Waals surface area (Å²) in [5, 5.41) is 1.20. The molecule has 2 aliphatic heterocycles. The van der Waals surface area contributed by atoms with Gasteiger partial charge in [-0.1, -0.05) is 30.7 Å². The maximum Gasteiger partial charge on any atom is 0.225 e. The Balaban J connectivity index is 1.10. The molecule has 6 heteroatoms. The SMILES string of the molecule is c1ccc2nc(CN3CCc4nc(N5CCN(C6CCC6)CC5)ncc4C3)ccc2c1. The van der Waals surface area contributed by atoms with Crippen LogP contribution < -0.4 is 4.90 Å². The fraction of sp³-hybridized carbons (Fsp3) is 0.480. The zero-order valence-electron chi connectivity index (χ0n) is 18.1. The molecule has 2 fully saturated rings. The van der Waals surface area contributed by atoms with Crippen molar-refractivity contribution >= 4 is 16.9 Å². The third-order valence-corrected chi connectivity index (χ3v) is 7.23. The van der Waals surface area contributed by atoms with E-state index in [1.165, 1.54) is 35.9 Å². The van der Waals surface area contributed by atoms with E-state index in [9.17, 15) is 0 Å². The number of para-hydroxylation sites is 1. The molecular weight excluding hydrogens is 384 g/mol. The molecule has 3 aliphatic rings. The maximum absolute atomic E-state index is 4.98. The fourth-order valence-corrected chi connectivity index (χ4v) is 5.12. The lowest BCUT2D eigenvalue weighted by atomic mass is 9.91. The monoisotopic (exact) mass is 414 g/mol. The largest absolute Gasteiger partial charge is 0.338 e. The molecule has 0 radical (unpaired) electrons. The number of nitrogens with zero attached hydrogens (tertiary/aromatic N) is 6. The number of hydrogen-bond donors (Lipinski definition) is 0. The average molecular weight is 415 g/mol. The van der Waals surface area contributed by atoms with Crippen LogP contribution in [0.4, 0.5) is 5.95 Å². The fourth-order valence-electron chi connectivity index (χ4n) is 5.12. The van der Waals surface area contributed by atoms with Crippen LogP contribution in [0, 0.1) is 0 Å². The van der Waals surface area contributed by atoms with E-state index in [4.69, 9.17) is 15.0 Å². The first-order valence-corrected chi connectivity index (χ1v) is 11.7. The molecule has 4 heterocycles. The number of pyridine rings is 1. The zero-order valence-corrected chi connectivity index (χ0v) is 18.1. The number of rotatable bonds is 4. The van der Waals surface area contributed by atoms with E-state index >= 15 is 0 Å². The Kier molecular flexibility index (Phi) is 5.04. The maximum atomic E-state index is 4.98. The third kappa shape index (κ3) is 3.90. The summed E-state index contributed by atoms with van der Waals surface area (Å²) in [6.07, 6.45) is 7.24. The molecule has 0 unspecified atom stereocenters. The summed E-state index contributed by atoms with van der Waals surface area (Å²) < 4.78 is 0. The summed E-state index contributed by atoms with van der Waals surface area (Å²) in [7, 11) is 0. The van der Waals surface area contributed by atoms with E-state index in [0.717, 1.165) is 75.4 Å². The van der Waals surface area contributed by atoms with Crippen molar-refractivity contribution in [2.45, 2.75) is 44.8 Å². The molecule has 1 saturated carbocycles. The van der Waals surface area contributed by atoms with Gasteiger partial charge in [0.2, 0.25) is 5.95 Å². The number of anilines is 1. The van der Waals surface area contributed by atoms with Crippen LogP contribution in [-0.2, 0) is 19.5 Å². The lowest BCUT2D eigenvalue weighted by molar-refractivity contribution is 0.120. The van der Waals surface area contributed by atoms with E-state index in [0.29, 0.717) is 0 Å². The standard InChI is InChI=1S/C25H30N6/c1-2-7-23-19(4-1)8-9-21(27-23)18-29-11-10-24-20(17-29)16-26-25(28-24)31-14-12-30(13-15-31)22-5-3-6-22/h1-2,4,7-9,16,22H,3,5-6,10-15,17-18H2. The highest BCUT2D eigenvalue weighted by Gasteiger charge is 2.29. The van der Waals surface area contributed by atoms with Crippen LogP contribution in [0.1, 0.15) is 36.2 Å². The average Bonchev–Trinajstić information content (AvgIpc) is 2.78. The van der Waals surface area contributed by atoms with E-state index < -0.39 is 0 Å². The van der Waals surface area contributed by atoms with Gasteiger partial charge in [0.1, 0.15) is 0 Å². The first-order chi connectivity index (χ1) is 15.3. The Morgan fingerprint density at radius 1 is 0.903 bits per heavy atom. The topological polar surface area (TPSA) is 48.4 Å². The summed E-state index contributed by atoms with van der Waals surface area (Å²) in [4.78, 5) is 22.1. The summed E-state index contributed by atoms with van der Waals surface area (Å²) in [6.45, 7) is 7.20. The number of aromatic nitrogens is 3. The number of fused-ring (bicyclic) bond motifs is 2. The van der Waals surface area contributed by atoms with Crippen molar-refractivity contribution in [1.29, 1.82) is 0 Å². The molecule has 2 aromatic heterocycles. The molecule has 0 atom stereocenters. The van der Waals surface area contributed by atoms with Gasteiger partial charge in [0.15, 0.2) is 0 Å². The molecule has 1 aromatic carbocycles. The molecule has 1 aliphatic carbocycles. The Morgan fingerprint density at radius 2 is 1.77 bits per heavy atom. The first kappa shape index (κ1) is 19.1. The van der Waals surface area contributed by atoms with Crippen LogP contribution in [0.5, 0.6) is 0 Å². The molecule has 160 valence electrons. The van der Waals surface area contributed by atoms with Gasteiger partial charge in [-0.25, -0.2) is 9.97 Å². The van der Waals surface area contributed by atoms with E-state index in [1.807, 2.05) is 0 Å². The summed E-state index contributed by atoms with van der Waals surface area (Å²) in [5.41, 5.74) is 4.70. The summed E-state index contributed by atoms with van der Waals surface area (Å²) >= 11 is 0. The second-order valence-corrected chi connectivity index (χ2v) is 9.21. The molecule has 0 spiro atoms. The van der Waals surface area contributed by atoms with Gasteiger partial charge in [-0.05, 0) is 25.0 Å². The van der Waals surface area contributed by atoms with Crippen molar-refractivity contribution in [3.05, 3.63) is 59.5 Å². The Labute approximate surface area is 183 Å². The lowest BCUT2D eigenvalue weighted by Gasteiger charge is -2.43. The second-order valence-electron chi connectivity index (χ2n) is 9.21. The number of benzene rings is 1. The predicted octanol–water partition coefficient (Wildman–Crippen LogP) is 3.26. The highest BCUT2D eigenvalue weighted by molar-refractivity contribution is 5.78. The predicted molar refractivity (Wildman–Crippen MR) is 123 cm³/mol. The molecule has 3 aromatic rings. The van der Waals surface area contributed by atoms with Crippen LogP contribution in [0.2, 0.25) is 0 Å². The van der Waals surface area contributed by atoms with Crippen LogP contribution in [0.15, 0.2) is 42.6 Å². The minimum atomic E-state index is 0.842. The van der Waals surface area contributed by atoms with Crippen LogP contribution in [-0.4, -0.2) is 63.5 Å². The van der Waals surface area contributed by atoms with Crippen molar-refractivity contribution in [1.82, 2.24) is 24.8 Å². The summed E-state index contributed by atoms with van der Waals surface area (Å²) in [6, 6.07) is 13.5. The molecule has 0 amide bonds. The van der Waals surface area contributed by atoms with Gasteiger partial charge in [0, 0.05) is 75.4 Å². The third-order valence-electron chi connectivity index (χ3n) is 7.23. The normalized spacial score (nSPS) is 20.6. The Morgan fingerprint density at radius 3 is 2.61 bits per heavy atom. The van der Waals surface area contributed by atoms with Gasteiger partial charge < -0.3 is 4.90 Å². The minimum Gasteiger partial charge on any atom is -0.338 e. The van der Waals surface area contributed by atoms with Crippen LogP contribution >= 0.6 is 0 Å². The van der Waals surface area contributed by atoms with E-state index in [1.54, 1.807) is 0 Å². The van der Waals surface area contributed by atoms with Crippen molar-refractivity contribution in [2.75, 3.05) is 37.6 Å². The van der Waals surface area contributed by atoms with Gasteiger partial charge in [-0.15, -0.1) is 0 Å². The van der Waals surface area contributed by atoms with Crippen molar-refractivity contribution in [3.63, 3.8) is 0 Å². The Hall–Kier alpha value is -2.57. The lowest BCUT2D eigenvalue weighted by Crippen LogP contribution is -2.52. The highest BCUT2D eigenvalue weighted by atomic mass is 15.3. The number of hydrogen-bond acceptors (Lipinski definition) is 6. The number of piperazine rings is 1. The van der Waals surface area contributed by atoms with E-state index in [-0.39, 0.29) is 0 Å². The van der Waals surface area contributed by atoms with E-state index in [2.05, 4.69) is 57.3 Å². The second kappa shape index (κ2) is 8.17. The van der Waals surface area contributed by atoms with Crippen LogP contribution in [0.25, 0.3) is 10.9 Å². The smallest absolute Gasteiger partial charge is 0.225 e. The molecular formula is C25H30N6. The van der Waals surface area contributed by atoms with Crippen molar-refractivity contribution < 1.29 is 0 Å². The van der Waals surface area contributed by atoms with Gasteiger partial charge in [-0.3, -0.25) is 14.8 Å². The van der Waals surface area contributed by atoms with Crippen molar-refractivity contribution in [3.8, 4) is 0 Å². The first-order valence-electron chi connectivity index (χ1n) is 11.7. The molecule has 0 bridgehead atoms. The van der Waals surface area contributed by atoms with Crippen LogP contribution in [0.3, 0.4) is 0 Å². The molecule has 0 N–H and O–H groups in total. The molecule has 31 heavy (non-hydrogen) atoms. The summed E-state index contributed by atoms with van der Waals surface area (Å²) in [5.74, 6) is 0.927. The Bertz CT molecular complexity index is 1070. The van der Waals surface area contributed by atoms with Gasteiger partial charge in [0.05, 0.1) is 16.9 Å². The minimum absolute atomic E-state index is 0.842. The molecule has 6 rings (SSSR count). The quantitative estimate of drug-likeness (QED) is 0.653.